The number of hydrogen-bond donors (Lipinski definition) is 1. The van der Waals surface area contributed by atoms with Gasteiger partial charge in [-0.05, 0) is 24.3 Å². The molecular weight excluding hydrogens is 421 g/mol. The predicted octanol–water partition coefficient (Wildman–Crippen LogP) is 2.02. The molecule has 2 aliphatic rings. The highest BCUT2D eigenvalue weighted by atomic mass is 35.5. The number of amides is 3. The highest BCUT2D eigenvalue weighted by molar-refractivity contribution is 6.33. The third-order valence-corrected chi connectivity index (χ3v) is 5.72. The molecule has 2 aromatic rings. The van der Waals surface area contributed by atoms with Crippen molar-refractivity contribution in [1.82, 2.24) is 9.88 Å². The molecule has 3 amide bonds. The average molecular weight is 434 g/mol. The van der Waals surface area contributed by atoms with E-state index >= 15 is 0 Å². The Kier molecular flexibility index (Phi) is 4.55. The molecule has 1 unspecified atom stereocenters. The number of halogens is 2. The molecule has 1 N–H and O–H groups in total. The first kappa shape index (κ1) is 19.4. The van der Waals surface area contributed by atoms with Crippen molar-refractivity contribution in [1.29, 1.82) is 0 Å². The number of likely N-dealkylation sites (tertiary alicyclic amines) is 1. The SMILES string of the molecule is O=C(O)CN1C(=O)C2(CC(=O)N(Cc3cnccc3Cl)C2=O)c2cc(Cl)ccc21. The van der Waals surface area contributed by atoms with Gasteiger partial charge < -0.3 is 5.11 Å². The van der Waals surface area contributed by atoms with Crippen molar-refractivity contribution < 1.29 is 24.3 Å². The Bertz CT molecular complexity index is 1090. The molecule has 1 aromatic heterocycles. The van der Waals surface area contributed by atoms with Crippen LogP contribution in [0.3, 0.4) is 0 Å². The molecule has 1 fully saturated rings. The molecule has 29 heavy (non-hydrogen) atoms. The highest BCUT2D eigenvalue weighted by Crippen LogP contribution is 2.49. The topological polar surface area (TPSA) is 108 Å². The number of pyridine rings is 1. The minimum atomic E-state index is -1.83. The van der Waals surface area contributed by atoms with E-state index < -0.39 is 42.1 Å². The third kappa shape index (κ3) is 2.87. The van der Waals surface area contributed by atoms with Gasteiger partial charge in [0.05, 0.1) is 13.0 Å². The standard InChI is InChI=1S/C19H13Cl2N3O5/c20-11-1-2-14-12(5-11)19(17(28)23(14)9-16(26)27)6-15(25)24(18(19)29)8-10-7-22-4-3-13(10)21/h1-5,7H,6,8-9H2,(H,26,27). The van der Waals surface area contributed by atoms with Crippen molar-refractivity contribution in [2.75, 3.05) is 11.4 Å². The van der Waals surface area contributed by atoms with Crippen molar-refractivity contribution >= 4 is 52.6 Å². The van der Waals surface area contributed by atoms with Crippen LogP contribution < -0.4 is 4.90 Å². The number of rotatable bonds is 4. The summed E-state index contributed by atoms with van der Waals surface area (Å²) in [5.41, 5.74) is -0.896. The first-order valence-electron chi connectivity index (χ1n) is 8.52. The maximum Gasteiger partial charge on any atom is 0.323 e. The molecule has 0 radical (unpaired) electrons. The van der Waals surface area contributed by atoms with Crippen LogP contribution in [-0.4, -0.2) is 45.2 Å². The number of nitrogens with zero attached hydrogens (tertiary/aromatic N) is 3. The van der Waals surface area contributed by atoms with E-state index in [-0.39, 0.29) is 22.8 Å². The number of benzene rings is 1. The lowest BCUT2D eigenvalue weighted by atomic mass is 9.80. The van der Waals surface area contributed by atoms with Crippen LogP contribution in [0.25, 0.3) is 0 Å². The van der Waals surface area contributed by atoms with Gasteiger partial charge in [0.1, 0.15) is 6.54 Å². The number of anilines is 1. The molecule has 0 bridgehead atoms. The number of aliphatic carboxylic acids is 1. The van der Waals surface area contributed by atoms with Crippen LogP contribution in [0.5, 0.6) is 0 Å². The summed E-state index contributed by atoms with van der Waals surface area (Å²) in [6.45, 7) is -0.778. The normalized spacial score (nSPS) is 20.7. The van der Waals surface area contributed by atoms with Crippen molar-refractivity contribution in [3.63, 3.8) is 0 Å². The zero-order chi connectivity index (χ0) is 20.9. The number of carbonyl (C=O) groups is 4. The summed E-state index contributed by atoms with van der Waals surface area (Å²) in [4.78, 5) is 56.5. The minimum absolute atomic E-state index is 0.145. The Labute approximate surface area is 174 Å². The number of aromatic nitrogens is 1. The van der Waals surface area contributed by atoms with E-state index in [1.165, 1.54) is 36.7 Å². The van der Waals surface area contributed by atoms with Gasteiger partial charge in [-0.1, -0.05) is 23.2 Å². The molecule has 8 nitrogen and oxygen atoms in total. The predicted molar refractivity (Wildman–Crippen MR) is 103 cm³/mol. The van der Waals surface area contributed by atoms with E-state index in [1.807, 2.05) is 0 Å². The average Bonchev–Trinajstić information content (AvgIpc) is 3.04. The monoisotopic (exact) mass is 433 g/mol. The van der Waals surface area contributed by atoms with Crippen LogP contribution in [0.15, 0.2) is 36.7 Å². The first-order chi connectivity index (χ1) is 13.8. The lowest BCUT2D eigenvalue weighted by Crippen LogP contribution is -2.47. The maximum absolute atomic E-state index is 13.4. The summed E-state index contributed by atoms with van der Waals surface area (Å²) in [7, 11) is 0. The van der Waals surface area contributed by atoms with Crippen LogP contribution in [0.2, 0.25) is 10.0 Å². The molecule has 1 aromatic carbocycles. The van der Waals surface area contributed by atoms with Gasteiger partial charge in [-0.15, -0.1) is 0 Å². The fraction of sp³-hybridized carbons (Fsp3) is 0.211. The number of carboxylic acids is 1. The molecule has 4 rings (SSSR count). The second-order valence-electron chi connectivity index (χ2n) is 6.78. The molecule has 2 aliphatic heterocycles. The highest BCUT2D eigenvalue weighted by Gasteiger charge is 2.63. The van der Waals surface area contributed by atoms with Crippen LogP contribution in [0, 0.1) is 0 Å². The summed E-state index contributed by atoms with van der Waals surface area (Å²) in [6, 6.07) is 5.94. The van der Waals surface area contributed by atoms with E-state index in [4.69, 9.17) is 23.2 Å². The van der Waals surface area contributed by atoms with Gasteiger partial charge in [0.2, 0.25) is 17.7 Å². The van der Waals surface area contributed by atoms with Gasteiger partial charge in [0.15, 0.2) is 5.41 Å². The Morgan fingerprint density at radius 2 is 1.86 bits per heavy atom. The van der Waals surface area contributed by atoms with Crippen molar-refractivity contribution in [3.8, 4) is 0 Å². The minimum Gasteiger partial charge on any atom is -0.480 e. The summed E-state index contributed by atoms with van der Waals surface area (Å²) in [5.74, 6) is -3.29. The summed E-state index contributed by atoms with van der Waals surface area (Å²) in [6.07, 6.45) is 2.50. The molecule has 0 aliphatic carbocycles. The van der Waals surface area contributed by atoms with Gasteiger partial charge >= 0.3 is 5.97 Å². The zero-order valence-electron chi connectivity index (χ0n) is 14.8. The number of imide groups is 1. The van der Waals surface area contributed by atoms with E-state index in [0.29, 0.717) is 10.6 Å². The van der Waals surface area contributed by atoms with Gasteiger partial charge in [-0.2, -0.15) is 0 Å². The molecule has 3 heterocycles. The van der Waals surface area contributed by atoms with Crippen LogP contribution in [0.4, 0.5) is 5.69 Å². The van der Waals surface area contributed by atoms with Gasteiger partial charge in [0, 0.05) is 39.3 Å². The number of carboxylic acid groups (broad SMARTS) is 1. The molecule has 148 valence electrons. The largest absolute Gasteiger partial charge is 0.480 e. The van der Waals surface area contributed by atoms with Gasteiger partial charge in [-0.3, -0.25) is 34.0 Å². The van der Waals surface area contributed by atoms with Crippen LogP contribution in [-0.2, 0) is 31.1 Å². The van der Waals surface area contributed by atoms with Gasteiger partial charge in [-0.25, -0.2) is 0 Å². The number of fused-ring (bicyclic) bond motifs is 2. The maximum atomic E-state index is 13.4. The van der Waals surface area contributed by atoms with Crippen molar-refractivity contribution in [2.24, 2.45) is 0 Å². The molecule has 0 saturated carbocycles. The Morgan fingerprint density at radius 1 is 1.14 bits per heavy atom. The lowest BCUT2D eigenvalue weighted by molar-refractivity contribution is -0.143. The molecule has 1 atom stereocenters. The Morgan fingerprint density at radius 3 is 2.55 bits per heavy atom. The van der Waals surface area contributed by atoms with E-state index in [9.17, 15) is 24.3 Å². The number of carbonyl (C=O) groups excluding carboxylic acids is 3. The Balaban J connectivity index is 1.80. The third-order valence-electron chi connectivity index (χ3n) is 5.11. The molecular formula is C19H13Cl2N3O5. The lowest BCUT2D eigenvalue weighted by Gasteiger charge is -2.22. The molecule has 1 spiro atoms. The first-order valence-corrected chi connectivity index (χ1v) is 9.28. The second kappa shape index (κ2) is 6.82. The van der Waals surface area contributed by atoms with Crippen LogP contribution >= 0.6 is 23.2 Å². The fourth-order valence-electron chi connectivity index (χ4n) is 3.81. The van der Waals surface area contributed by atoms with Crippen molar-refractivity contribution in [3.05, 3.63) is 57.8 Å². The summed E-state index contributed by atoms with van der Waals surface area (Å²) < 4.78 is 0. The summed E-state index contributed by atoms with van der Waals surface area (Å²) >= 11 is 12.2. The van der Waals surface area contributed by atoms with E-state index in [0.717, 1.165) is 9.80 Å². The Hall–Kier alpha value is -2.97. The number of hydrogen-bond acceptors (Lipinski definition) is 5. The zero-order valence-corrected chi connectivity index (χ0v) is 16.3. The quantitative estimate of drug-likeness (QED) is 0.583. The summed E-state index contributed by atoms with van der Waals surface area (Å²) in [5, 5.41) is 9.79. The van der Waals surface area contributed by atoms with E-state index in [1.54, 1.807) is 0 Å². The van der Waals surface area contributed by atoms with Gasteiger partial charge in [0.25, 0.3) is 0 Å². The van der Waals surface area contributed by atoms with E-state index in [2.05, 4.69) is 4.98 Å². The second-order valence-corrected chi connectivity index (χ2v) is 7.62. The fourth-order valence-corrected chi connectivity index (χ4v) is 4.15. The molecule has 10 heteroatoms. The molecule has 1 saturated heterocycles. The van der Waals surface area contributed by atoms with Crippen LogP contribution in [0.1, 0.15) is 17.5 Å². The van der Waals surface area contributed by atoms with Crippen molar-refractivity contribution in [2.45, 2.75) is 18.4 Å². The smallest absolute Gasteiger partial charge is 0.323 e.